The van der Waals surface area contributed by atoms with Gasteiger partial charge in [-0.2, -0.15) is 0 Å². The van der Waals surface area contributed by atoms with Crippen LogP contribution in [0.15, 0.2) is 24.3 Å². The van der Waals surface area contributed by atoms with E-state index < -0.39 is 6.04 Å². The number of amides is 1. The van der Waals surface area contributed by atoms with Gasteiger partial charge in [-0.1, -0.05) is 107 Å². The van der Waals surface area contributed by atoms with Crippen molar-refractivity contribution in [3.8, 4) is 0 Å². The molecule has 0 aliphatic carbocycles. The van der Waals surface area contributed by atoms with Gasteiger partial charge in [0.2, 0.25) is 5.91 Å². The van der Waals surface area contributed by atoms with E-state index in [2.05, 4.69) is 17.6 Å². The number of nitrogens with one attached hydrogen (secondary N) is 2. The van der Waals surface area contributed by atoms with Crippen molar-refractivity contribution in [1.82, 2.24) is 10.6 Å². The van der Waals surface area contributed by atoms with E-state index in [0.29, 0.717) is 18.1 Å². The minimum atomic E-state index is -0.608. The van der Waals surface area contributed by atoms with Crippen LogP contribution in [-0.4, -0.2) is 30.2 Å². The third kappa shape index (κ3) is 12.9. The number of aliphatic hydroxyl groups excluding tert-OH is 1. The molecule has 1 rings (SSSR count). The van der Waals surface area contributed by atoms with Crippen LogP contribution in [0.5, 0.6) is 0 Å². The molecule has 0 bridgehead atoms. The molecular formula is C24H41ClN2O2. The molecule has 0 radical (unpaired) electrons. The Kier molecular flexibility index (Phi) is 15.9. The quantitative estimate of drug-likeness (QED) is 0.268. The maximum absolute atomic E-state index is 12.2. The zero-order valence-corrected chi connectivity index (χ0v) is 19.0. The smallest absolute Gasteiger partial charge is 0.239 e. The summed E-state index contributed by atoms with van der Waals surface area (Å²) in [6, 6.07) is 6.90. The summed E-state index contributed by atoms with van der Waals surface area (Å²) in [6.07, 6.45) is 15.6. The number of carbonyl (C=O) groups excluding carboxylic acids is 1. The second kappa shape index (κ2) is 17.7. The molecule has 1 aromatic carbocycles. The minimum absolute atomic E-state index is 0.150. The molecule has 29 heavy (non-hydrogen) atoms. The number of rotatable bonds is 18. The van der Waals surface area contributed by atoms with Crippen LogP contribution in [0.25, 0.3) is 0 Å². The largest absolute Gasteiger partial charge is 0.394 e. The van der Waals surface area contributed by atoms with Crippen LogP contribution < -0.4 is 10.6 Å². The summed E-state index contributed by atoms with van der Waals surface area (Å²) >= 11 is 6.12. The number of hydrogen-bond donors (Lipinski definition) is 3. The topological polar surface area (TPSA) is 61.4 Å². The fourth-order valence-electron chi connectivity index (χ4n) is 3.42. The lowest BCUT2D eigenvalue weighted by molar-refractivity contribution is -0.124. The Morgan fingerprint density at radius 1 is 0.931 bits per heavy atom. The van der Waals surface area contributed by atoms with E-state index in [1.54, 1.807) is 0 Å². The van der Waals surface area contributed by atoms with Gasteiger partial charge < -0.3 is 10.4 Å². The summed E-state index contributed by atoms with van der Waals surface area (Å²) in [7, 11) is 0. The lowest BCUT2D eigenvalue weighted by atomic mass is 10.1. The van der Waals surface area contributed by atoms with Crippen molar-refractivity contribution in [3.63, 3.8) is 0 Å². The van der Waals surface area contributed by atoms with Crippen molar-refractivity contribution in [2.75, 3.05) is 13.2 Å². The van der Waals surface area contributed by atoms with Crippen LogP contribution in [0.3, 0.4) is 0 Å². The highest BCUT2D eigenvalue weighted by atomic mass is 35.5. The number of benzene rings is 1. The van der Waals surface area contributed by atoms with Gasteiger partial charge in [0.05, 0.1) is 6.61 Å². The molecule has 166 valence electrons. The van der Waals surface area contributed by atoms with Gasteiger partial charge in [0.25, 0.3) is 0 Å². The first-order chi connectivity index (χ1) is 14.2. The number of aliphatic hydroxyl groups is 1. The maximum atomic E-state index is 12.2. The fraction of sp³-hybridized carbons (Fsp3) is 0.708. The molecule has 3 N–H and O–H groups in total. The minimum Gasteiger partial charge on any atom is -0.394 e. The first kappa shape index (κ1) is 25.9. The molecule has 0 aliphatic heterocycles. The van der Waals surface area contributed by atoms with Crippen molar-refractivity contribution in [1.29, 1.82) is 0 Å². The predicted octanol–water partition coefficient (Wildman–Crippen LogP) is 5.61. The number of unbranched alkanes of at least 4 members (excludes halogenated alkanes) is 11. The van der Waals surface area contributed by atoms with Crippen molar-refractivity contribution in [3.05, 3.63) is 34.9 Å². The summed E-state index contributed by atoms with van der Waals surface area (Å²) in [4.78, 5) is 12.2. The lowest BCUT2D eigenvalue weighted by Crippen LogP contribution is -2.46. The summed E-state index contributed by atoms with van der Waals surface area (Å²) in [5, 5.41) is 16.2. The zero-order valence-electron chi connectivity index (χ0n) is 18.2. The maximum Gasteiger partial charge on any atom is 0.239 e. The van der Waals surface area contributed by atoms with Gasteiger partial charge >= 0.3 is 0 Å². The van der Waals surface area contributed by atoms with Crippen LogP contribution in [0.1, 0.15) is 89.5 Å². The molecule has 1 atom stereocenters. The molecule has 4 nitrogen and oxygen atoms in total. The third-order valence-electron chi connectivity index (χ3n) is 5.33. The second-order valence-corrected chi connectivity index (χ2v) is 8.29. The average molecular weight is 425 g/mol. The highest BCUT2D eigenvalue weighted by Crippen LogP contribution is 2.14. The molecule has 0 aliphatic rings. The van der Waals surface area contributed by atoms with E-state index in [9.17, 15) is 9.90 Å². The molecule has 1 unspecified atom stereocenters. The summed E-state index contributed by atoms with van der Waals surface area (Å²) in [5.74, 6) is -0.150. The van der Waals surface area contributed by atoms with Crippen LogP contribution in [0, 0.1) is 0 Å². The van der Waals surface area contributed by atoms with Crippen LogP contribution >= 0.6 is 11.6 Å². The third-order valence-corrected chi connectivity index (χ3v) is 5.69. The Morgan fingerprint density at radius 2 is 1.48 bits per heavy atom. The molecule has 0 saturated carbocycles. The van der Waals surface area contributed by atoms with E-state index in [4.69, 9.17) is 11.6 Å². The number of hydrogen-bond acceptors (Lipinski definition) is 3. The van der Waals surface area contributed by atoms with Crippen LogP contribution in [-0.2, 0) is 11.3 Å². The molecule has 1 aromatic rings. The van der Waals surface area contributed by atoms with Crippen LogP contribution in [0.2, 0.25) is 5.02 Å². The zero-order chi connectivity index (χ0) is 21.2. The molecule has 0 saturated heterocycles. The van der Waals surface area contributed by atoms with E-state index in [-0.39, 0.29) is 12.5 Å². The van der Waals surface area contributed by atoms with Crippen LogP contribution in [0.4, 0.5) is 0 Å². The summed E-state index contributed by atoms with van der Waals surface area (Å²) < 4.78 is 0. The predicted molar refractivity (Wildman–Crippen MR) is 123 cm³/mol. The molecular weight excluding hydrogens is 384 g/mol. The fourth-order valence-corrected chi connectivity index (χ4v) is 3.62. The normalized spacial score (nSPS) is 12.1. The van der Waals surface area contributed by atoms with Crippen molar-refractivity contribution >= 4 is 17.5 Å². The highest BCUT2D eigenvalue weighted by Gasteiger charge is 2.16. The van der Waals surface area contributed by atoms with Crippen molar-refractivity contribution in [2.45, 2.75) is 96.6 Å². The Bertz CT molecular complexity index is 539. The van der Waals surface area contributed by atoms with Gasteiger partial charge in [-0.25, -0.2) is 0 Å². The molecule has 5 heteroatoms. The molecule has 0 fully saturated rings. The Labute approximate surface area is 182 Å². The molecule has 1 amide bonds. The molecule has 0 aromatic heterocycles. The highest BCUT2D eigenvalue weighted by molar-refractivity contribution is 6.31. The van der Waals surface area contributed by atoms with Crippen molar-refractivity contribution < 1.29 is 9.90 Å². The van der Waals surface area contributed by atoms with E-state index in [0.717, 1.165) is 18.4 Å². The average Bonchev–Trinajstić information content (AvgIpc) is 2.73. The van der Waals surface area contributed by atoms with Gasteiger partial charge in [0, 0.05) is 18.1 Å². The van der Waals surface area contributed by atoms with E-state index in [1.165, 1.54) is 64.2 Å². The molecule has 0 spiro atoms. The molecule has 0 heterocycles. The van der Waals surface area contributed by atoms with Gasteiger partial charge in [-0.3, -0.25) is 10.1 Å². The summed E-state index contributed by atoms with van der Waals surface area (Å²) in [6.45, 7) is 3.15. The Morgan fingerprint density at radius 3 is 2.03 bits per heavy atom. The van der Waals surface area contributed by atoms with Gasteiger partial charge in [-0.15, -0.1) is 0 Å². The van der Waals surface area contributed by atoms with Gasteiger partial charge in [-0.05, 0) is 18.1 Å². The lowest BCUT2D eigenvalue weighted by Gasteiger charge is -2.16. The van der Waals surface area contributed by atoms with Crippen molar-refractivity contribution in [2.24, 2.45) is 0 Å². The number of carbonyl (C=O) groups is 1. The van der Waals surface area contributed by atoms with E-state index >= 15 is 0 Å². The van der Waals surface area contributed by atoms with Gasteiger partial charge in [0.15, 0.2) is 0 Å². The number of halogens is 1. The summed E-state index contributed by atoms with van der Waals surface area (Å²) in [5.41, 5.74) is 0.918. The van der Waals surface area contributed by atoms with E-state index in [1.807, 2.05) is 24.3 Å². The second-order valence-electron chi connectivity index (χ2n) is 7.89. The van der Waals surface area contributed by atoms with Gasteiger partial charge in [0.1, 0.15) is 6.04 Å². The Hall–Kier alpha value is -1.10. The monoisotopic (exact) mass is 424 g/mol. The first-order valence-corrected chi connectivity index (χ1v) is 11.9. The Balaban J connectivity index is 2.00. The standard InChI is InChI=1S/C24H41ClN2O2/c1-2-3-4-5-6-7-8-9-10-11-12-15-18-26-24(29)23(20-28)27-19-21-16-13-14-17-22(21)25/h13-14,16-17,23,27-28H,2-12,15,18-20H2,1H3,(H,26,29). The first-order valence-electron chi connectivity index (χ1n) is 11.5. The SMILES string of the molecule is CCCCCCCCCCCCCCNC(=O)C(CO)NCc1ccccc1Cl.